The summed E-state index contributed by atoms with van der Waals surface area (Å²) in [5.41, 5.74) is 1.62. The first-order valence-corrected chi connectivity index (χ1v) is 11.3. The number of hydrogen-bond donors (Lipinski definition) is 1. The van der Waals surface area contributed by atoms with E-state index in [0.29, 0.717) is 39.3 Å². The Hall–Kier alpha value is -2.23. The van der Waals surface area contributed by atoms with Crippen LogP contribution in [-0.4, -0.2) is 50.3 Å². The van der Waals surface area contributed by atoms with Gasteiger partial charge >= 0.3 is 0 Å². The van der Waals surface area contributed by atoms with E-state index in [-0.39, 0.29) is 17.6 Å². The summed E-state index contributed by atoms with van der Waals surface area (Å²) >= 11 is 6.58. The van der Waals surface area contributed by atoms with Crippen molar-refractivity contribution in [3.8, 4) is 0 Å². The molecule has 2 aliphatic heterocycles. The highest BCUT2D eigenvalue weighted by Gasteiger charge is 2.32. The minimum Gasteiger partial charge on any atom is -0.376 e. The van der Waals surface area contributed by atoms with E-state index in [0.717, 1.165) is 31.4 Å². The van der Waals surface area contributed by atoms with Crippen LogP contribution < -0.4 is 10.9 Å². The summed E-state index contributed by atoms with van der Waals surface area (Å²) in [6.45, 7) is 5.80. The van der Waals surface area contributed by atoms with Crippen molar-refractivity contribution in [2.45, 2.75) is 39.2 Å². The Balaban J connectivity index is 1.77. The molecular weight excluding hydrogens is 420 g/mol. The molecule has 9 heteroatoms. The number of thioether (sulfide) groups is 1. The molecule has 7 nitrogen and oxygen atoms in total. The summed E-state index contributed by atoms with van der Waals surface area (Å²) in [6, 6.07) is 3.73. The van der Waals surface area contributed by atoms with Gasteiger partial charge in [-0.3, -0.25) is 18.9 Å². The highest BCUT2D eigenvalue weighted by molar-refractivity contribution is 8.26. The topological polar surface area (TPSA) is 75.9 Å². The summed E-state index contributed by atoms with van der Waals surface area (Å²) in [5, 5.41) is 3.29. The molecule has 1 N–H and O–H groups in total. The standard InChI is InChI=1S/C21H24N4O3S2/c1-3-8-25-20(27)16(30-21(25)29)11-15-17(22-12-14-7-5-10-28-14)23-18-13(2)6-4-9-24(18)19(15)26/h4,6,9,11,14,22H,3,5,7-8,10,12H2,1-2H3/b16-11+. The number of nitrogens with zero attached hydrogens (tertiary/aromatic N) is 3. The van der Waals surface area contributed by atoms with Crippen LogP contribution in [0.5, 0.6) is 0 Å². The van der Waals surface area contributed by atoms with Crippen LogP contribution in [0.15, 0.2) is 28.0 Å². The zero-order valence-electron chi connectivity index (χ0n) is 17.0. The van der Waals surface area contributed by atoms with Gasteiger partial charge in [0.05, 0.1) is 16.6 Å². The zero-order valence-corrected chi connectivity index (χ0v) is 18.6. The van der Waals surface area contributed by atoms with Gasteiger partial charge in [-0.2, -0.15) is 0 Å². The minimum absolute atomic E-state index is 0.0951. The van der Waals surface area contributed by atoms with Gasteiger partial charge in [-0.15, -0.1) is 0 Å². The molecule has 4 heterocycles. The van der Waals surface area contributed by atoms with Gasteiger partial charge in [0.2, 0.25) is 0 Å². The van der Waals surface area contributed by atoms with E-state index in [1.807, 2.05) is 26.0 Å². The molecule has 0 radical (unpaired) electrons. The Morgan fingerprint density at radius 2 is 2.27 bits per heavy atom. The molecule has 2 fully saturated rings. The molecule has 0 aromatic carbocycles. The quantitative estimate of drug-likeness (QED) is 0.542. The van der Waals surface area contributed by atoms with Crippen molar-refractivity contribution in [1.82, 2.24) is 14.3 Å². The number of rotatable bonds is 6. The first kappa shape index (κ1) is 21.0. The summed E-state index contributed by atoms with van der Waals surface area (Å²) < 4.78 is 7.73. The van der Waals surface area contributed by atoms with Crippen molar-refractivity contribution < 1.29 is 9.53 Å². The van der Waals surface area contributed by atoms with Gasteiger partial charge in [0.25, 0.3) is 11.5 Å². The van der Waals surface area contributed by atoms with Crippen LogP contribution in [0.1, 0.15) is 37.3 Å². The van der Waals surface area contributed by atoms with E-state index in [4.69, 9.17) is 21.9 Å². The van der Waals surface area contributed by atoms with Crippen molar-refractivity contribution in [3.05, 3.63) is 44.7 Å². The molecule has 1 unspecified atom stereocenters. The third-order valence-electron chi connectivity index (χ3n) is 5.20. The largest absolute Gasteiger partial charge is 0.376 e. The smallest absolute Gasteiger partial charge is 0.267 e. The average Bonchev–Trinajstić information content (AvgIpc) is 3.34. The third-order valence-corrected chi connectivity index (χ3v) is 6.58. The maximum absolute atomic E-state index is 13.3. The Labute approximate surface area is 184 Å². The Morgan fingerprint density at radius 1 is 1.43 bits per heavy atom. The van der Waals surface area contributed by atoms with E-state index in [1.54, 1.807) is 17.2 Å². The van der Waals surface area contributed by atoms with Gasteiger partial charge < -0.3 is 10.1 Å². The SMILES string of the molecule is CCCN1C(=O)/C(=C\c2c(NCC3CCCO3)nc3c(C)cccn3c2=O)SC1=S. The van der Waals surface area contributed by atoms with Crippen molar-refractivity contribution in [2.75, 3.05) is 25.0 Å². The van der Waals surface area contributed by atoms with Gasteiger partial charge in [0, 0.05) is 25.9 Å². The number of aryl methyl sites for hydroxylation is 1. The number of fused-ring (bicyclic) bond motifs is 1. The number of pyridine rings is 1. The fourth-order valence-electron chi connectivity index (χ4n) is 3.64. The highest BCUT2D eigenvalue weighted by atomic mass is 32.2. The van der Waals surface area contributed by atoms with Crippen LogP contribution in [0.4, 0.5) is 5.82 Å². The van der Waals surface area contributed by atoms with E-state index in [1.165, 1.54) is 16.2 Å². The van der Waals surface area contributed by atoms with E-state index in [9.17, 15) is 9.59 Å². The number of carbonyl (C=O) groups excluding carboxylic acids is 1. The molecule has 0 saturated carbocycles. The molecule has 158 valence electrons. The molecule has 2 aliphatic rings. The van der Waals surface area contributed by atoms with Crippen molar-refractivity contribution in [1.29, 1.82) is 0 Å². The first-order valence-electron chi connectivity index (χ1n) is 10.1. The van der Waals surface area contributed by atoms with E-state index in [2.05, 4.69) is 5.32 Å². The molecule has 2 saturated heterocycles. The highest BCUT2D eigenvalue weighted by Crippen LogP contribution is 2.33. The number of amides is 1. The van der Waals surface area contributed by atoms with Crippen molar-refractivity contribution in [2.24, 2.45) is 0 Å². The molecule has 1 amide bonds. The summed E-state index contributed by atoms with van der Waals surface area (Å²) in [4.78, 5) is 32.9. The predicted octanol–water partition coefficient (Wildman–Crippen LogP) is 3.21. The molecule has 2 aromatic rings. The van der Waals surface area contributed by atoms with E-state index < -0.39 is 0 Å². The monoisotopic (exact) mass is 444 g/mol. The fourth-order valence-corrected chi connectivity index (χ4v) is 4.93. The normalized spacial score (nSPS) is 20.7. The van der Waals surface area contributed by atoms with Gasteiger partial charge in [-0.1, -0.05) is 37.0 Å². The van der Waals surface area contributed by atoms with Crippen LogP contribution in [0.3, 0.4) is 0 Å². The molecule has 0 bridgehead atoms. The molecular formula is C21H24N4O3S2. The van der Waals surface area contributed by atoms with Gasteiger partial charge in [0.1, 0.15) is 15.8 Å². The summed E-state index contributed by atoms with van der Waals surface area (Å²) in [7, 11) is 0. The number of anilines is 1. The second-order valence-electron chi connectivity index (χ2n) is 7.41. The molecule has 1 atom stereocenters. The minimum atomic E-state index is -0.223. The van der Waals surface area contributed by atoms with Gasteiger partial charge in [-0.05, 0) is 43.9 Å². The lowest BCUT2D eigenvalue weighted by Crippen LogP contribution is -2.28. The van der Waals surface area contributed by atoms with Crippen molar-refractivity contribution in [3.63, 3.8) is 0 Å². The lowest BCUT2D eigenvalue weighted by atomic mass is 10.2. The van der Waals surface area contributed by atoms with E-state index >= 15 is 0 Å². The summed E-state index contributed by atoms with van der Waals surface area (Å²) in [6.07, 6.45) is 6.24. The van der Waals surface area contributed by atoms with Gasteiger partial charge in [0.15, 0.2) is 0 Å². The second-order valence-corrected chi connectivity index (χ2v) is 9.09. The van der Waals surface area contributed by atoms with Gasteiger partial charge in [-0.25, -0.2) is 4.98 Å². The number of thiocarbonyl (C=S) groups is 1. The number of nitrogens with one attached hydrogen (secondary N) is 1. The molecule has 30 heavy (non-hydrogen) atoms. The van der Waals surface area contributed by atoms with Crippen molar-refractivity contribution >= 4 is 51.7 Å². The lowest BCUT2D eigenvalue weighted by Gasteiger charge is -2.15. The van der Waals surface area contributed by atoms with Crippen LogP contribution >= 0.6 is 24.0 Å². The van der Waals surface area contributed by atoms with Crippen LogP contribution in [0, 0.1) is 6.92 Å². The maximum atomic E-state index is 13.3. The molecule has 4 rings (SSSR count). The molecule has 2 aromatic heterocycles. The first-order chi connectivity index (χ1) is 14.5. The fraction of sp³-hybridized carbons (Fsp3) is 0.429. The Kier molecular flexibility index (Phi) is 6.21. The number of carbonyl (C=O) groups is 1. The molecule has 0 aliphatic carbocycles. The lowest BCUT2D eigenvalue weighted by molar-refractivity contribution is -0.122. The average molecular weight is 445 g/mol. The number of hydrogen-bond acceptors (Lipinski definition) is 7. The number of aromatic nitrogens is 2. The zero-order chi connectivity index (χ0) is 21.3. The third kappa shape index (κ3) is 4.01. The number of ether oxygens (including phenoxy) is 1. The van der Waals surface area contributed by atoms with Crippen LogP contribution in [-0.2, 0) is 9.53 Å². The second kappa shape index (κ2) is 8.87. The summed E-state index contributed by atoms with van der Waals surface area (Å²) in [5.74, 6) is 0.302. The molecule has 0 spiro atoms. The van der Waals surface area contributed by atoms with Crippen LogP contribution in [0.2, 0.25) is 0 Å². The maximum Gasteiger partial charge on any atom is 0.267 e. The Morgan fingerprint density at radius 3 is 3.00 bits per heavy atom. The predicted molar refractivity (Wildman–Crippen MR) is 124 cm³/mol. The van der Waals surface area contributed by atoms with Crippen LogP contribution in [0.25, 0.3) is 11.7 Å². The Bertz CT molecular complexity index is 1090.